The molecular weight excluding hydrogens is 272 g/mol. The molecule has 0 aliphatic heterocycles. The molecule has 1 aromatic carbocycles. The number of nitriles is 2. The van der Waals surface area contributed by atoms with Crippen molar-refractivity contribution in [2.75, 3.05) is 21.3 Å². The van der Waals surface area contributed by atoms with E-state index in [-0.39, 0.29) is 11.4 Å². The fourth-order valence-electron chi connectivity index (χ4n) is 1.53. The Morgan fingerprint density at radius 3 is 2.05 bits per heavy atom. The highest BCUT2D eigenvalue weighted by Crippen LogP contribution is 2.37. The van der Waals surface area contributed by atoms with E-state index in [0.717, 1.165) is 0 Å². The van der Waals surface area contributed by atoms with Crippen LogP contribution in [0.2, 0.25) is 0 Å². The fourth-order valence-corrected chi connectivity index (χ4v) is 1.53. The molecule has 7 heteroatoms. The van der Waals surface area contributed by atoms with Gasteiger partial charge >= 0.3 is 0 Å². The van der Waals surface area contributed by atoms with Crippen LogP contribution < -0.4 is 19.9 Å². The lowest BCUT2D eigenvalue weighted by molar-refractivity contribution is 0.324. The standard InChI is InChI=1S/C14H14N4O3/c1-19-12-4-9(5-13(20-2)14(12)21-3)8-18-11(7-16)10(17)6-15/h4-5,8H,17H2,1-3H3/b11-10-,18-8?. The zero-order valence-corrected chi connectivity index (χ0v) is 11.9. The van der Waals surface area contributed by atoms with Gasteiger partial charge in [-0.15, -0.1) is 0 Å². The molecule has 0 aliphatic carbocycles. The molecule has 0 aliphatic rings. The van der Waals surface area contributed by atoms with E-state index >= 15 is 0 Å². The second kappa shape index (κ2) is 7.41. The number of nitrogens with two attached hydrogens (primary N) is 1. The lowest BCUT2D eigenvalue weighted by atomic mass is 10.2. The minimum atomic E-state index is -0.249. The van der Waals surface area contributed by atoms with Crippen molar-refractivity contribution in [2.24, 2.45) is 10.7 Å². The molecule has 0 saturated carbocycles. The molecule has 0 heterocycles. The molecule has 21 heavy (non-hydrogen) atoms. The van der Waals surface area contributed by atoms with Crippen LogP contribution in [0, 0.1) is 22.7 Å². The molecule has 0 aromatic heterocycles. The van der Waals surface area contributed by atoms with Crippen molar-refractivity contribution >= 4 is 6.21 Å². The minimum Gasteiger partial charge on any atom is -0.493 e. The van der Waals surface area contributed by atoms with Crippen molar-refractivity contribution in [2.45, 2.75) is 0 Å². The quantitative estimate of drug-likeness (QED) is 0.645. The summed E-state index contributed by atoms with van der Waals surface area (Å²) >= 11 is 0. The molecule has 108 valence electrons. The highest BCUT2D eigenvalue weighted by Gasteiger charge is 2.12. The van der Waals surface area contributed by atoms with Gasteiger partial charge in [-0.2, -0.15) is 10.5 Å². The van der Waals surface area contributed by atoms with E-state index in [4.69, 9.17) is 30.5 Å². The van der Waals surface area contributed by atoms with Crippen LogP contribution in [0.5, 0.6) is 17.2 Å². The van der Waals surface area contributed by atoms with Crippen LogP contribution in [0.25, 0.3) is 0 Å². The maximum absolute atomic E-state index is 8.87. The number of benzene rings is 1. The number of hydrogen-bond donors (Lipinski definition) is 1. The van der Waals surface area contributed by atoms with E-state index in [1.165, 1.54) is 27.5 Å². The summed E-state index contributed by atoms with van der Waals surface area (Å²) in [4.78, 5) is 3.88. The van der Waals surface area contributed by atoms with Crippen LogP contribution in [-0.4, -0.2) is 27.5 Å². The van der Waals surface area contributed by atoms with E-state index in [0.29, 0.717) is 22.8 Å². The number of methoxy groups -OCH3 is 3. The average molecular weight is 286 g/mol. The van der Waals surface area contributed by atoms with E-state index < -0.39 is 0 Å². The number of ether oxygens (including phenoxy) is 3. The van der Waals surface area contributed by atoms with Crippen molar-refractivity contribution in [3.63, 3.8) is 0 Å². The van der Waals surface area contributed by atoms with E-state index in [1.807, 2.05) is 0 Å². The molecule has 0 saturated heterocycles. The van der Waals surface area contributed by atoms with E-state index in [2.05, 4.69) is 4.99 Å². The summed E-state index contributed by atoms with van der Waals surface area (Å²) in [6.45, 7) is 0. The molecule has 1 rings (SSSR count). The SMILES string of the molecule is COc1cc(C=N/C(C#N)=C(\N)C#N)cc(OC)c1OC. The summed E-state index contributed by atoms with van der Waals surface area (Å²) in [7, 11) is 4.48. The first-order valence-electron chi connectivity index (χ1n) is 5.75. The number of hydrogen-bond acceptors (Lipinski definition) is 7. The topological polar surface area (TPSA) is 114 Å². The molecule has 1 aromatic rings. The monoisotopic (exact) mass is 286 g/mol. The Hall–Kier alpha value is -3.19. The molecule has 0 radical (unpaired) electrons. The van der Waals surface area contributed by atoms with Gasteiger partial charge in [0.25, 0.3) is 0 Å². The van der Waals surface area contributed by atoms with Gasteiger partial charge in [-0.3, -0.25) is 0 Å². The van der Waals surface area contributed by atoms with Crippen molar-refractivity contribution in [3.05, 3.63) is 29.1 Å². The first-order valence-corrected chi connectivity index (χ1v) is 5.75. The van der Waals surface area contributed by atoms with Crippen molar-refractivity contribution in [3.8, 4) is 29.4 Å². The summed E-state index contributed by atoms with van der Waals surface area (Å²) in [5.74, 6) is 1.35. The van der Waals surface area contributed by atoms with Gasteiger partial charge in [-0.25, -0.2) is 4.99 Å². The zero-order chi connectivity index (χ0) is 15.8. The summed E-state index contributed by atoms with van der Waals surface area (Å²) < 4.78 is 15.6. The first-order chi connectivity index (χ1) is 10.1. The average Bonchev–Trinajstić information content (AvgIpc) is 2.53. The smallest absolute Gasteiger partial charge is 0.203 e. The molecule has 0 atom stereocenters. The van der Waals surface area contributed by atoms with Gasteiger partial charge in [0.2, 0.25) is 5.75 Å². The van der Waals surface area contributed by atoms with Gasteiger partial charge < -0.3 is 19.9 Å². The van der Waals surface area contributed by atoms with Crippen LogP contribution in [0.3, 0.4) is 0 Å². The van der Waals surface area contributed by atoms with Crippen molar-refractivity contribution in [1.29, 1.82) is 10.5 Å². The maximum Gasteiger partial charge on any atom is 0.203 e. The highest BCUT2D eigenvalue weighted by atomic mass is 16.5. The zero-order valence-electron chi connectivity index (χ0n) is 11.9. The third-order valence-electron chi connectivity index (χ3n) is 2.51. The largest absolute Gasteiger partial charge is 0.493 e. The molecular formula is C14H14N4O3. The van der Waals surface area contributed by atoms with Gasteiger partial charge in [0.05, 0.1) is 21.3 Å². The third kappa shape index (κ3) is 3.64. The Morgan fingerprint density at radius 2 is 1.67 bits per heavy atom. The third-order valence-corrected chi connectivity index (χ3v) is 2.51. The minimum absolute atomic E-state index is 0.161. The summed E-state index contributed by atoms with van der Waals surface area (Å²) in [6, 6.07) is 6.73. The Kier molecular flexibility index (Phi) is 5.60. The molecule has 0 unspecified atom stereocenters. The molecule has 0 fully saturated rings. The van der Waals surface area contributed by atoms with Gasteiger partial charge in [-0.1, -0.05) is 0 Å². The van der Waals surface area contributed by atoms with Crippen molar-refractivity contribution in [1.82, 2.24) is 0 Å². The molecule has 7 nitrogen and oxygen atoms in total. The number of allylic oxidation sites excluding steroid dienone is 2. The van der Waals surface area contributed by atoms with E-state index in [9.17, 15) is 0 Å². The lowest BCUT2D eigenvalue weighted by Crippen LogP contribution is -1.99. The van der Waals surface area contributed by atoms with Gasteiger partial charge in [0, 0.05) is 11.8 Å². The second-order valence-electron chi connectivity index (χ2n) is 3.70. The van der Waals surface area contributed by atoms with Gasteiger partial charge in [0.15, 0.2) is 17.2 Å². The van der Waals surface area contributed by atoms with Crippen LogP contribution in [-0.2, 0) is 0 Å². The van der Waals surface area contributed by atoms with Gasteiger partial charge in [-0.05, 0) is 12.1 Å². The molecule has 2 N–H and O–H groups in total. The van der Waals surface area contributed by atoms with E-state index in [1.54, 1.807) is 24.3 Å². The Labute approximate surface area is 122 Å². The molecule has 0 bridgehead atoms. The molecule has 0 spiro atoms. The maximum atomic E-state index is 8.87. The summed E-state index contributed by atoms with van der Waals surface area (Å²) in [5, 5.41) is 17.5. The van der Waals surface area contributed by atoms with Gasteiger partial charge in [0.1, 0.15) is 17.8 Å². The Bertz CT molecular complexity index is 641. The molecule has 0 amide bonds. The number of aliphatic imine (C=N–C) groups is 1. The predicted octanol–water partition coefficient (Wildman–Crippen LogP) is 1.35. The van der Waals surface area contributed by atoms with Crippen molar-refractivity contribution < 1.29 is 14.2 Å². The number of rotatable bonds is 5. The summed E-state index contributed by atoms with van der Waals surface area (Å²) in [5.41, 5.74) is 5.55. The summed E-state index contributed by atoms with van der Waals surface area (Å²) in [6.07, 6.45) is 1.38. The van der Waals surface area contributed by atoms with Crippen LogP contribution in [0.1, 0.15) is 5.56 Å². The van der Waals surface area contributed by atoms with Crippen LogP contribution in [0.4, 0.5) is 0 Å². The normalized spacial score (nSPS) is 11.3. The first kappa shape index (κ1) is 15.9. The number of nitrogens with zero attached hydrogens (tertiary/aromatic N) is 3. The second-order valence-corrected chi connectivity index (χ2v) is 3.70. The highest BCUT2D eigenvalue weighted by molar-refractivity contribution is 5.83. The Balaban J connectivity index is 3.28. The predicted molar refractivity (Wildman–Crippen MR) is 76.1 cm³/mol. The lowest BCUT2D eigenvalue weighted by Gasteiger charge is -2.12. The van der Waals surface area contributed by atoms with Crippen LogP contribution >= 0.6 is 0 Å². The Morgan fingerprint density at radius 1 is 1.10 bits per heavy atom. The van der Waals surface area contributed by atoms with Crippen LogP contribution in [0.15, 0.2) is 28.5 Å². The fraction of sp³-hybridized carbons (Fsp3) is 0.214.